The predicted octanol–water partition coefficient (Wildman–Crippen LogP) is 5.09. The first-order valence-corrected chi connectivity index (χ1v) is 14.2. The summed E-state index contributed by atoms with van der Waals surface area (Å²) in [6, 6.07) is 18.3. The number of carbonyl (C=O) groups is 2. The molecule has 210 valence electrons. The van der Waals surface area contributed by atoms with Crippen molar-refractivity contribution in [1.29, 1.82) is 0 Å². The Kier molecular flexibility index (Phi) is 7.50. The molecular weight excluding hydrogens is 609 g/mol. The molecule has 0 aliphatic carbocycles. The Morgan fingerprint density at radius 1 is 1.07 bits per heavy atom. The van der Waals surface area contributed by atoms with Gasteiger partial charge >= 0.3 is 11.2 Å². The van der Waals surface area contributed by atoms with E-state index in [9.17, 15) is 28.1 Å². The lowest BCUT2D eigenvalue weighted by Crippen LogP contribution is -2.70. The number of benzene rings is 3. The second-order valence-corrected chi connectivity index (χ2v) is 13.0. The summed E-state index contributed by atoms with van der Waals surface area (Å²) in [5.41, 5.74) is -4.46. The topological polar surface area (TPSA) is 136 Å². The van der Waals surface area contributed by atoms with E-state index in [2.05, 4.69) is 15.9 Å². The molecule has 0 aromatic heterocycles. The highest BCUT2D eigenvalue weighted by atomic mass is 79.9. The van der Waals surface area contributed by atoms with Crippen molar-refractivity contribution in [3.8, 4) is 0 Å². The van der Waals surface area contributed by atoms with Crippen molar-refractivity contribution < 1.29 is 32.1 Å². The number of carbonyl (C=O) groups excluding carboxylic acids is 2. The van der Waals surface area contributed by atoms with Crippen LogP contribution in [-0.4, -0.2) is 36.1 Å². The van der Waals surface area contributed by atoms with Gasteiger partial charge in [0.15, 0.2) is 0 Å². The fraction of sp³-hybridized carbons (Fsp3) is 0.259. The van der Waals surface area contributed by atoms with E-state index in [0.29, 0.717) is 10.0 Å². The Hall–Kier alpha value is -3.84. The largest absolute Gasteiger partial charge is 0.499 e. The van der Waals surface area contributed by atoms with Crippen molar-refractivity contribution in [2.45, 2.75) is 48.5 Å². The second kappa shape index (κ2) is 10.3. The first-order valence-electron chi connectivity index (χ1n) is 12.0. The molecule has 1 N–H and O–H groups in total. The molecule has 2 atom stereocenters. The molecule has 4 rings (SSSR count). The summed E-state index contributed by atoms with van der Waals surface area (Å²) in [5.74, 6) is -1.37. The zero-order chi connectivity index (χ0) is 29.5. The van der Waals surface area contributed by atoms with E-state index >= 15 is 4.39 Å². The molecule has 0 saturated heterocycles. The van der Waals surface area contributed by atoms with Crippen LogP contribution in [0.25, 0.3) is 0 Å². The summed E-state index contributed by atoms with van der Waals surface area (Å²) in [6.45, 7) is 4.25. The van der Waals surface area contributed by atoms with Crippen LogP contribution >= 0.6 is 15.9 Å². The highest BCUT2D eigenvalue weighted by Gasteiger charge is 2.81. The molecular formula is C27H25BrFN3O7S. The van der Waals surface area contributed by atoms with Crippen LogP contribution in [-0.2, 0) is 31.5 Å². The molecule has 13 heteroatoms. The highest BCUT2D eigenvalue weighted by molar-refractivity contribution is 9.10. The van der Waals surface area contributed by atoms with Crippen LogP contribution in [0.1, 0.15) is 31.9 Å². The van der Waals surface area contributed by atoms with Crippen LogP contribution < -0.4 is 10.2 Å². The lowest BCUT2D eigenvalue weighted by Gasteiger charge is -2.35. The number of alkyl halides is 1. The first-order chi connectivity index (χ1) is 18.6. The maximum atomic E-state index is 17.5. The normalized spacial score (nSPS) is 18.5. The fourth-order valence-corrected chi connectivity index (χ4v) is 6.56. The Balaban J connectivity index is 2.06. The molecule has 3 aromatic rings. The van der Waals surface area contributed by atoms with Crippen LogP contribution in [0.4, 0.5) is 14.9 Å². The van der Waals surface area contributed by atoms with Crippen molar-refractivity contribution in [3.05, 3.63) is 105 Å². The molecule has 0 spiro atoms. The lowest BCUT2D eigenvalue weighted by atomic mass is 9.89. The van der Waals surface area contributed by atoms with Gasteiger partial charge in [0.25, 0.3) is 21.3 Å². The summed E-state index contributed by atoms with van der Waals surface area (Å²) in [7, 11) is -5.61. The summed E-state index contributed by atoms with van der Waals surface area (Å²) in [6.07, 6.45) is -1.43. The zero-order valence-corrected chi connectivity index (χ0v) is 24.0. The van der Waals surface area contributed by atoms with Crippen molar-refractivity contribution in [2.75, 3.05) is 4.90 Å². The quantitative estimate of drug-likeness (QED) is 0.217. The van der Waals surface area contributed by atoms with Gasteiger partial charge in [-0.3, -0.25) is 20.2 Å². The number of halogens is 2. The van der Waals surface area contributed by atoms with Crippen LogP contribution in [0.3, 0.4) is 0 Å². The number of fused-ring (bicyclic) bond motifs is 1. The van der Waals surface area contributed by atoms with Gasteiger partial charge in [-0.1, -0.05) is 70.5 Å². The minimum absolute atomic E-state index is 0.0357. The number of hydrogen-bond acceptors (Lipinski definition) is 7. The van der Waals surface area contributed by atoms with E-state index in [1.807, 2.05) is 5.32 Å². The van der Waals surface area contributed by atoms with Gasteiger partial charge in [-0.25, -0.2) is 13.2 Å². The van der Waals surface area contributed by atoms with E-state index in [0.717, 1.165) is 23.1 Å². The molecule has 1 unspecified atom stereocenters. The smallest absolute Gasteiger partial charge is 0.444 e. The highest BCUT2D eigenvalue weighted by Crippen LogP contribution is 2.53. The molecule has 1 heterocycles. The molecule has 40 heavy (non-hydrogen) atoms. The molecule has 1 aliphatic heterocycles. The van der Waals surface area contributed by atoms with Gasteiger partial charge in [0.2, 0.25) is 0 Å². The minimum Gasteiger partial charge on any atom is -0.444 e. The number of ether oxygens (including phenoxy) is 1. The van der Waals surface area contributed by atoms with Crippen molar-refractivity contribution in [2.24, 2.45) is 0 Å². The van der Waals surface area contributed by atoms with Crippen molar-refractivity contribution in [1.82, 2.24) is 5.32 Å². The lowest BCUT2D eigenvalue weighted by molar-refractivity contribution is -0.585. The maximum absolute atomic E-state index is 17.5. The molecule has 1 aliphatic rings. The number of rotatable bonds is 7. The second-order valence-electron chi connectivity index (χ2n) is 10.1. The van der Waals surface area contributed by atoms with Gasteiger partial charge in [0.1, 0.15) is 5.60 Å². The average Bonchev–Trinajstić information content (AvgIpc) is 3.10. The van der Waals surface area contributed by atoms with Crippen LogP contribution in [0.15, 0.2) is 88.2 Å². The van der Waals surface area contributed by atoms with E-state index in [4.69, 9.17) is 4.74 Å². The van der Waals surface area contributed by atoms with E-state index in [1.54, 1.807) is 30.3 Å². The Morgan fingerprint density at radius 2 is 1.65 bits per heavy atom. The molecule has 3 aromatic carbocycles. The number of amides is 2. The third-order valence-electron chi connectivity index (χ3n) is 6.20. The molecule has 2 amide bonds. The van der Waals surface area contributed by atoms with Crippen molar-refractivity contribution >= 4 is 43.5 Å². The monoisotopic (exact) mass is 633 g/mol. The Bertz CT molecular complexity index is 1580. The molecule has 0 bridgehead atoms. The van der Waals surface area contributed by atoms with Gasteiger partial charge in [-0.2, -0.15) is 0 Å². The van der Waals surface area contributed by atoms with Crippen LogP contribution in [0.2, 0.25) is 0 Å². The summed E-state index contributed by atoms with van der Waals surface area (Å²) >= 11 is 3.29. The Labute approximate surface area is 238 Å². The number of nitrogens with zero attached hydrogens (tertiary/aromatic N) is 2. The zero-order valence-electron chi connectivity index (χ0n) is 21.6. The predicted molar refractivity (Wildman–Crippen MR) is 147 cm³/mol. The summed E-state index contributed by atoms with van der Waals surface area (Å²) < 4.78 is 50.8. The van der Waals surface area contributed by atoms with Crippen molar-refractivity contribution in [3.63, 3.8) is 0 Å². The van der Waals surface area contributed by atoms with E-state index in [1.165, 1.54) is 51.1 Å². The molecule has 10 nitrogen and oxygen atoms in total. The van der Waals surface area contributed by atoms with E-state index in [-0.39, 0.29) is 12.2 Å². The van der Waals surface area contributed by atoms with Gasteiger partial charge in [0.05, 0.1) is 22.1 Å². The molecule has 0 radical (unpaired) electrons. The number of anilines is 1. The Morgan fingerprint density at radius 3 is 2.20 bits per heavy atom. The first kappa shape index (κ1) is 29.2. The van der Waals surface area contributed by atoms with Gasteiger partial charge in [0, 0.05) is 10.0 Å². The minimum atomic E-state index is -5.61. The third-order valence-corrected chi connectivity index (χ3v) is 8.75. The standard InChI is InChI=1S/C27H25BrFN3O7S/c1-25(2,3)39-24(34)30-26(27(29,32(35)36)40(37,38)20-12-8-5-9-13-20)21-15-14-19(28)16-22(21)31(23(26)33)17-18-10-6-4-7-11-18/h4-16H,17H2,1-3H3,(H,30,34)/t26-,27?/m0/s1. The number of nitro groups is 1. The number of nitrogens with one attached hydrogen (secondary N) is 1. The SMILES string of the molecule is CC(C)(C)OC(=O)N[C@]1(C(F)([N+](=O)[O-])S(=O)(=O)c2ccccc2)C(=O)N(Cc2ccccc2)c2cc(Br)ccc21. The molecule has 0 saturated carbocycles. The maximum Gasteiger partial charge on any atom is 0.499 e. The average molecular weight is 634 g/mol. The third kappa shape index (κ3) is 4.73. The van der Waals surface area contributed by atoms with Gasteiger partial charge < -0.3 is 9.64 Å². The number of alkyl carbamates (subject to hydrolysis) is 1. The van der Waals surface area contributed by atoms with Gasteiger partial charge in [-0.05, 0) is 50.6 Å². The summed E-state index contributed by atoms with van der Waals surface area (Å²) in [5, 5.41) is 10.1. The molecule has 0 fully saturated rings. The van der Waals surface area contributed by atoms with Gasteiger partial charge in [-0.15, -0.1) is 4.39 Å². The number of sulfone groups is 1. The summed E-state index contributed by atoms with van der Waals surface area (Å²) in [4.78, 5) is 38.7. The van der Waals surface area contributed by atoms with Crippen LogP contribution in [0, 0.1) is 10.1 Å². The number of hydrogen-bond donors (Lipinski definition) is 1. The van der Waals surface area contributed by atoms with Crippen LogP contribution in [0.5, 0.6) is 0 Å². The van der Waals surface area contributed by atoms with E-state index < -0.39 is 53.5 Å². The fourth-order valence-electron chi connectivity index (χ4n) is 4.54.